The van der Waals surface area contributed by atoms with E-state index in [1.165, 1.54) is 0 Å². The van der Waals surface area contributed by atoms with Crippen molar-refractivity contribution in [2.45, 2.75) is 25.5 Å². The summed E-state index contributed by atoms with van der Waals surface area (Å²) in [5, 5.41) is 0. The molecule has 0 radical (unpaired) electrons. The molecule has 33 heavy (non-hydrogen) atoms. The Morgan fingerprint density at radius 2 is 1.85 bits per heavy atom. The number of carbonyl (C=O) groups excluding carboxylic acids is 1. The van der Waals surface area contributed by atoms with Gasteiger partial charge in [-0.25, -0.2) is 9.78 Å². The van der Waals surface area contributed by atoms with Gasteiger partial charge in [0.05, 0.1) is 17.1 Å². The van der Waals surface area contributed by atoms with Crippen LogP contribution in [0, 0.1) is 0 Å². The lowest BCUT2D eigenvalue weighted by Crippen LogP contribution is -2.31. The fourth-order valence-corrected chi connectivity index (χ4v) is 4.51. The zero-order chi connectivity index (χ0) is 22.2. The molecule has 4 aromatic rings. The lowest BCUT2D eigenvalue weighted by atomic mass is 10.0. The fourth-order valence-electron chi connectivity index (χ4n) is 4.51. The van der Waals surface area contributed by atoms with Gasteiger partial charge in [0, 0.05) is 6.54 Å². The third-order valence-corrected chi connectivity index (χ3v) is 6.21. The molecule has 1 atom stereocenters. The molecule has 2 aliphatic rings. The van der Waals surface area contributed by atoms with E-state index >= 15 is 0 Å². The van der Waals surface area contributed by atoms with E-state index in [0.717, 1.165) is 57.9 Å². The summed E-state index contributed by atoms with van der Waals surface area (Å²) in [7, 11) is 0. The number of carbonyl (C=O) groups is 1. The van der Waals surface area contributed by atoms with Gasteiger partial charge in [0.25, 0.3) is 0 Å². The molecule has 7 nitrogen and oxygen atoms in total. The van der Waals surface area contributed by atoms with Crippen LogP contribution in [0.2, 0.25) is 0 Å². The van der Waals surface area contributed by atoms with Crippen molar-refractivity contribution in [2.75, 3.05) is 13.3 Å². The van der Waals surface area contributed by atoms with Crippen molar-refractivity contribution in [1.82, 2.24) is 14.9 Å². The molecule has 7 heteroatoms. The van der Waals surface area contributed by atoms with E-state index in [9.17, 15) is 4.79 Å². The van der Waals surface area contributed by atoms with Crippen LogP contribution in [0.5, 0.6) is 11.5 Å². The molecule has 0 saturated carbocycles. The van der Waals surface area contributed by atoms with Gasteiger partial charge in [-0.05, 0) is 53.8 Å². The number of amides is 1. The Kier molecular flexibility index (Phi) is 4.87. The lowest BCUT2D eigenvalue weighted by Gasteiger charge is -2.22. The molecule has 3 heterocycles. The number of hydrogen-bond donors (Lipinski definition) is 1. The first-order valence-electron chi connectivity index (χ1n) is 11.1. The number of nitrogens with zero attached hydrogens (tertiary/aromatic N) is 2. The summed E-state index contributed by atoms with van der Waals surface area (Å²) in [6, 6.07) is 21.7. The number of likely N-dealkylation sites (tertiary alicyclic amines) is 1. The summed E-state index contributed by atoms with van der Waals surface area (Å²) in [4.78, 5) is 22.8. The van der Waals surface area contributed by atoms with Gasteiger partial charge in [0.15, 0.2) is 11.5 Å². The minimum absolute atomic E-state index is 0.116. The predicted molar refractivity (Wildman–Crippen MR) is 123 cm³/mol. The number of benzene rings is 3. The van der Waals surface area contributed by atoms with Gasteiger partial charge in [-0.1, -0.05) is 42.5 Å². The van der Waals surface area contributed by atoms with Gasteiger partial charge in [-0.2, -0.15) is 0 Å². The first-order chi connectivity index (χ1) is 16.2. The summed E-state index contributed by atoms with van der Waals surface area (Å²) in [5.41, 5.74) is 4.89. The van der Waals surface area contributed by atoms with Crippen LogP contribution in [0.3, 0.4) is 0 Å². The molecule has 1 amide bonds. The molecule has 1 saturated heterocycles. The van der Waals surface area contributed by atoms with Crippen molar-refractivity contribution in [2.24, 2.45) is 0 Å². The minimum atomic E-state index is -0.303. The maximum atomic E-state index is 12.8. The fraction of sp³-hybridized carbons (Fsp3) is 0.231. The van der Waals surface area contributed by atoms with E-state index in [2.05, 4.69) is 11.1 Å². The standard InChI is InChI=1S/C26H23N3O4/c30-26(31-15-17-5-2-1-3-6-17)29-12-4-7-22(29)25-27-20-10-8-18(13-21(20)28-25)19-9-11-23-24(14-19)33-16-32-23/h1-3,5-6,8-11,13-14,22H,4,7,12,15-16H2,(H,27,28). The first kappa shape index (κ1) is 19.7. The smallest absolute Gasteiger partial charge is 0.410 e. The van der Waals surface area contributed by atoms with Crippen molar-refractivity contribution < 1.29 is 19.0 Å². The third kappa shape index (κ3) is 3.75. The zero-order valence-electron chi connectivity index (χ0n) is 18.0. The van der Waals surface area contributed by atoms with Gasteiger partial charge in [-0.3, -0.25) is 4.90 Å². The molecule has 1 N–H and O–H groups in total. The summed E-state index contributed by atoms with van der Waals surface area (Å²) in [6.45, 7) is 1.19. The van der Waals surface area contributed by atoms with Crippen LogP contribution in [0.1, 0.15) is 30.3 Å². The number of aromatic nitrogens is 2. The maximum absolute atomic E-state index is 12.8. The summed E-state index contributed by atoms with van der Waals surface area (Å²) in [6.07, 6.45) is 1.47. The number of hydrogen-bond acceptors (Lipinski definition) is 5. The van der Waals surface area contributed by atoms with Crippen LogP contribution >= 0.6 is 0 Å². The van der Waals surface area contributed by atoms with Crippen molar-refractivity contribution in [1.29, 1.82) is 0 Å². The Morgan fingerprint density at radius 1 is 1.03 bits per heavy atom. The number of ether oxygens (including phenoxy) is 3. The highest BCUT2D eigenvalue weighted by atomic mass is 16.7. The van der Waals surface area contributed by atoms with E-state index in [0.29, 0.717) is 6.54 Å². The Morgan fingerprint density at radius 3 is 2.76 bits per heavy atom. The molecular formula is C26H23N3O4. The second kappa shape index (κ2) is 8.16. The van der Waals surface area contributed by atoms with Crippen LogP contribution in [-0.4, -0.2) is 34.3 Å². The minimum Gasteiger partial charge on any atom is -0.454 e. The average molecular weight is 441 g/mol. The van der Waals surface area contributed by atoms with Crippen LogP contribution in [-0.2, 0) is 11.3 Å². The second-order valence-corrected chi connectivity index (χ2v) is 8.31. The quantitative estimate of drug-likeness (QED) is 0.457. The predicted octanol–water partition coefficient (Wildman–Crippen LogP) is 5.43. The number of fused-ring (bicyclic) bond motifs is 2. The number of H-pyrrole nitrogens is 1. The van der Waals surface area contributed by atoms with Crippen LogP contribution in [0.15, 0.2) is 66.7 Å². The molecule has 1 aromatic heterocycles. The highest BCUT2D eigenvalue weighted by Crippen LogP contribution is 2.37. The summed E-state index contributed by atoms with van der Waals surface area (Å²) >= 11 is 0. The van der Waals surface area contributed by atoms with Crippen molar-refractivity contribution >= 4 is 17.1 Å². The van der Waals surface area contributed by atoms with Crippen molar-refractivity contribution in [3.05, 3.63) is 78.1 Å². The molecule has 166 valence electrons. The Hall–Kier alpha value is -4.00. The highest BCUT2D eigenvalue weighted by molar-refractivity contribution is 5.82. The largest absolute Gasteiger partial charge is 0.454 e. The Labute approximate surface area is 190 Å². The number of rotatable bonds is 4. The zero-order valence-corrected chi connectivity index (χ0v) is 18.0. The molecule has 0 aliphatic carbocycles. The average Bonchev–Trinajstić information content (AvgIpc) is 3.61. The normalized spacial score (nSPS) is 17.0. The van der Waals surface area contributed by atoms with E-state index in [1.807, 2.05) is 60.7 Å². The summed E-state index contributed by atoms with van der Waals surface area (Å²) < 4.78 is 16.5. The van der Waals surface area contributed by atoms with Crippen LogP contribution in [0.4, 0.5) is 4.79 Å². The molecule has 1 fully saturated rings. The topological polar surface area (TPSA) is 76.7 Å². The van der Waals surface area contributed by atoms with E-state index in [1.54, 1.807) is 4.90 Å². The highest BCUT2D eigenvalue weighted by Gasteiger charge is 2.33. The van der Waals surface area contributed by atoms with Crippen molar-refractivity contribution in [3.63, 3.8) is 0 Å². The van der Waals surface area contributed by atoms with E-state index < -0.39 is 0 Å². The number of imidazole rings is 1. The van der Waals surface area contributed by atoms with Gasteiger partial charge in [0.1, 0.15) is 12.4 Å². The molecule has 2 aliphatic heterocycles. The van der Waals surface area contributed by atoms with Crippen LogP contribution < -0.4 is 9.47 Å². The third-order valence-electron chi connectivity index (χ3n) is 6.21. The second-order valence-electron chi connectivity index (χ2n) is 8.31. The molecule has 3 aromatic carbocycles. The molecule has 0 bridgehead atoms. The van der Waals surface area contributed by atoms with Gasteiger partial charge >= 0.3 is 6.09 Å². The molecule has 1 unspecified atom stereocenters. The SMILES string of the molecule is O=C(OCc1ccccc1)N1CCCC1c1nc2ccc(-c3ccc4c(c3)OCO4)cc2[nH]1. The first-order valence-corrected chi connectivity index (χ1v) is 11.1. The monoisotopic (exact) mass is 441 g/mol. The van der Waals surface area contributed by atoms with E-state index in [-0.39, 0.29) is 25.5 Å². The lowest BCUT2D eigenvalue weighted by molar-refractivity contribution is 0.0910. The van der Waals surface area contributed by atoms with Crippen LogP contribution in [0.25, 0.3) is 22.2 Å². The summed E-state index contributed by atoms with van der Waals surface area (Å²) in [5.74, 6) is 2.32. The van der Waals surface area contributed by atoms with Crippen molar-refractivity contribution in [3.8, 4) is 22.6 Å². The Bertz CT molecular complexity index is 1320. The Balaban J connectivity index is 1.22. The van der Waals surface area contributed by atoms with Gasteiger partial charge < -0.3 is 19.2 Å². The molecule has 6 rings (SSSR count). The maximum Gasteiger partial charge on any atom is 0.410 e. The number of nitrogens with one attached hydrogen (secondary N) is 1. The molecular weight excluding hydrogens is 418 g/mol. The van der Waals surface area contributed by atoms with Gasteiger partial charge in [-0.15, -0.1) is 0 Å². The number of aromatic amines is 1. The van der Waals surface area contributed by atoms with E-state index in [4.69, 9.17) is 19.2 Å². The molecule has 0 spiro atoms. The van der Waals surface area contributed by atoms with Gasteiger partial charge in [0.2, 0.25) is 6.79 Å².